The summed E-state index contributed by atoms with van der Waals surface area (Å²) in [5.74, 6) is 2.52. The van der Waals surface area contributed by atoms with Crippen LogP contribution >= 0.6 is 35.0 Å². The highest BCUT2D eigenvalue weighted by Crippen LogP contribution is 2.36. The Bertz CT molecular complexity index is 370. The van der Waals surface area contributed by atoms with Crippen molar-refractivity contribution in [2.75, 3.05) is 5.75 Å². The SMILES string of the molecule is CC(C)C(C)CCCSc1cc(Cl)c(O)c(Cl)c1. The van der Waals surface area contributed by atoms with Gasteiger partial charge in [-0.2, -0.15) is 0 Å². The number of rotatable bonds is 6. The smallest absolute Gasteiger partial charge is 0.152 e. The quantitative estimate of drug-likeness (QED) is 0.524. The molecule has 1 aromatic rings. The summed E-state index contributed by atoms with van der Waals surface area (Å²) in [5, 5.41) is 10.1. The van der Waals surface area contributed by atoms with E-state index in [1.165, 1.54) is 12.8 Å². The second-order valence-electron chi connectivity index (χ2n) is 4.95. The van der Waals surface area contributed by atoms with Gasteiger partial charge in [0, 0.05) is 4.90 Å². The lowest BCUT2D eigenvalue weighted by Crippen LogP contribution is -2.03. The molecule has 0 bridgehead atoms. The van der Waals surface area contributed by atoms with Gasteiger partial charge in [-0.25, -0.2) is 0 Å². The number of thioether (sulfide) groups is 1. The summed E-state index contributed by atoms with van der Waals surface area (Å²) >= 11 is 13.5. The molecule has 0 aliphatic heterocycles. The Morgan fingerprint density at radius 1 is 1.17 bits per heavy atom. The van der Waals surface area contributed by atoms with Gasteiger partial charge in [0.05, 0.1) is 10.0 Å². The molecule has 1 aromatic carbocycles. The molecule has 1 unspecified atom stereocenters. The predicted molar refractivity (Wildman–Crippen MR) is 82.1 cm³/mol. The first-order valence-corrected chi connectivity index (χ1v) is 7.96. The van der Waals surface area contributed by atoms with Gasteiger partial charge in [-0.15, -0.1) is 11.8 Å². The molecule has 0 saturated carbocycles. The van der Waals surface area contributed by atoms with Crippen LogP contribution < -0.4 is 0 Å². The molecular formula is C14H20Cl2OS. The van der Waals surface area contributed by atoms with Crippen molar-refractivity contribution in [2.45, 2.75) is 38.5 Å². The van der Waals surface area contributed by atoms with E-state index in [9.17, 15) is 5.11 Å². The molecule has 0 spiro atoms. The van der Waals surface area contributed by atoms with Crippen molar-refractivity contribution in [1.29, 1.82) is 0 Å². The minimum atomic E-state index is -0.0314. The van der Waals surface area contributed by atoms with Crippen molar-refractivity contribution in [3.63, 3.8) is 0 Å². The molecule has 0 fully saturated rings. The maximum absolute atomic E-state index is 9.46. The normalized spacial score (nSPS) is 13.0. The van der Waals surface area contributed by atoms with Crippen LogP contribution in [0.3, 0.4) is 0 Å². The Morgan fingerprint density at radius 2 is 1.72 bits per heavy atom. The van der Waals surface area contributed by atoms with E-state index in [1.807, 2.05) is 0 Å². The summed E-state index contributed by atoms with van der Waals surface area (Å²) in [6.45, 7) is 6.82. The van der Waals surface area contributed by atoms with Crippen LogP contribution in [0.25, 0.3) is 0 Å². The molecular weight excluding hydrogens is 287 g/mol. The number of benzene rings is 1. The summed E-state index contributed by atoms with van der Waals surface area (Å²) < 4.78 is 0. The number of hydrogen-bond donors (Lipinski definition) is 1. The molecule has 0 radical (unpaired) electrons. The van der Waals surface area contributed by atoms with Crippen LogP contribution in [-0.4, -0.2) is 10.9 Å². The van der Waals surface area contributed by atoms with Crippen molar-refractivity contribution < 1.29 is 5.11 Å². The van der Waals surface area contributed by atoms with Crippen LogP contribution in [-0.2, 0) is 0 Å². The summed E-state index contributed by atoms with van der Waals surface area (Å²) in [4.78, 5) is 1.01. The van der Waals surface area contributed by atoms with Crippen LogP contribution in [0, 0.1) is 11.8 Å². The van der Waals surface area contributed by atoms with Crippen molar-refractivity contribution in [3.05, 3.63) is 22.2 Å². The van der Waals surface area contributed by atoms with E-state index in [0.29, 0.717) is 10.0 Å². The molecule has 1 nitrogen and oxygen atoms in total. The topological polar surface area (TPSA) is 20.2 Å². The predicted octanol–water partition coefficient (Wildman–Crippen LogP) is 5.86. The van der Waals surface area contributed by atoms with E-state index >= 15 is 0 Å². The fourth-order valence-corrected chi connectivity index (χ4v) is 3.12. The lowest BCUT2D eigenvalue weighted by molar-refractivity contribution is 0.390. The lowest BCUT2D eigenvalue weighted by atomic mass is 9.94. The molecule has 0 saturated heterocycles. The molecule has 1 N–H and O–H groups in total. The number of halogens is 2. The van der Waals surface area contributed by atoms with E-state index in [-0.39, 0.29) is 5.75 Å². The molecule has 1 atom stereocenters. The number of aromatic hydroxyl groups is 1. The Hall–Kier alpha value is -0.0500. The molecule has 0 aliphatic rings. The van der Waals surface area contributed by atoms with Crippen molar-refractivity contribution in [1.82, 2.24) is 0 Å². The molecule has 0 aromatic heterocycles. The molecule has 0 aliphatic carbocycles. The van der Waals surface area contributed by atoms with Gasteiger partial charge in [0.25, 0.3) is 0 Å². The number of hydrogen-bond acceptors (Lipinski definition) is 2. The summed E-state index contributed by atoms with van der Waals surface area (Å²) in [5.41, 5.74) is 0. The Morgan fingerprint density at radius 3 is 2.22 bits per heavy atom. The highest BCUT2D eigenvalue weighted by Gasteiger charge is 2.08. The minimum absolute atomic E-state index is 0.0314. The van der Waals surface area contributed by atoms with Crippen LogP contribution in [0.2, 0.25) is 10.0 Å². The van der Waals surface area contributed by atoms with Crippen LogP contribution in [0.4, 0.5) is 0 Å². The Labute approximate surface area is 124 Å². The highest BCUT2D eigenvalue weighted by molar-refractivity contribution is 7.99. The number of phenols is 1. The molecule has 18 heavy (non-hydrogen) atoms. The zero-order valence-electron chi connectivity index (χ0n) is 11.0. The van der Waals surface area contributed by atoms with Gasteiger partial charge in [-0.3, -0.25) is 0 Å². The molecule has 4 heteroatoms. The number of phenolic OH excluding ortho intramolecular Hbond substituents is 1. The van der Waals surface area contributed by atoms with Gasteiger partial charge in [0.1, 0.15) is 0 Å². The van der Waals surface area contributed by atoms with Gasteiger partial charge >= 0.3 is 0 Å². The third kappa shape index (κ3) is 4.91. The Balaban J connectivity index is 2.40. The maximum Gasteiger partial charge on any atom is 0.152 e. The first-order chi connectivity index (χ1) is 8.41. The average Bonchev–Trinajstić information content (AvgIpc) is 2.31. The van der Waals surface area contributed by atoms with Crippen molar-refractivity contribution in [3.8, 4) is 5.75 Å². The van der Waals surface area contributed by atoms with Gasteiger partial charge < -0.3 is 5.11 Å². The third-order valence-electron chi connectivity index (χ3n) is 3.20. The van der Waals surface area contributed by atoms with E-state index in [0.717, 1.165) is 22.5 Å². The first-order valence-electron chi connectivity index (χ1n) is 6.22. The minimum Gasteiger partial charge on any atom is -0.505 e. The average molecular weight is 307 g/mol. The molecule has 0 heterocycles. The van der Waals surface area contributed by atoms with Gasteiger partial charge in [0.2, 0.25) is 0 Å². The van der Waals surface area contributed by atoms with E-state index in [1.54, 1.807) is 23.9 Å². The summed E-state index contributed by atoms with van der Waals surface area (Å²) in [6, 6.07) is 3.53. The second-order valence-corrected chi connectivity index (χ2v) is 6.93. The molecule has 1 rings (SSSR count). The fourth-order valence-electron chi connectivity index (χ4n) is 1.55. The fraction of sp³-hybridized carbons (Fsp3) is 0.571. The first kappa shape index (κ1) is 16.0. The molecule has 102 valence electrons. The molecule has 0 amide bonds. The summed E-state index contributed by atoms with van der Waals surface area (Å²) in [6.07, 6.45) is 2.42. The van der Waals surface area contributed by atoms with E-state index in [4.69, 9.17) is 23.2 Å². The van der Waals surface area contributed by atoms with E-state index in [2.05, 4.69) is 20.8 Å². The zero-order valence-corrected chi connectivity index (χ0v) is 13.4. The second kappa shape index (κ2) is 7.52. The third-order valence-corrected chi connectivity index (χ3v) is 4.84. The highest BCUT2D eigenvalue weighted by atomic mass is 35.5. The summed E-state index contributed by atoms with van der Waals surface area (Å²) in [7, 11) is 0. The van der Waals surface area contributed by atoms with Crippen LogP contribution in [0.1, 0.15) is 33.6 Å². The maximum atomic E-state index is 9.46. The standard InChI is InChI=1S/C14H20Cl2OS/c1-9(2)10(3)5-4-6-18-11-7-12(15)14(17)13(16)8-11/h7-10,17H,4-6H2,1-3H3. The van der Waals surface area contributed by atoms with Crippen molar-refractivity contribution in [2.24, 2.45) is 11.8 Å². The lowest BCUT2D eigenvalue weighted by Gasteiger charge is -2.14. The van der Waals surface area contributed by atoms with Crippen molar-refractivity contribution >= 4 is 35.0 Å². The largest absolute Gasteiger partial charge is 0.505 e. The Kier molecular flexibility index (Phi) is 6.68. The van der Waals surface area contributed by atoms with Gasteiger partial charge in [-0.05, 0) is 42.6 Å². The van der Waals surface area contributed by atoms with Crippen LogP contribution in [0.5, 0.6) is 5.75 Å². The van der Waals surface area contributed by atoms with Gasteiger partial charge in [-0.1, -0.05) is 44.0 Å². The zero-order chi connectivity index (χ0) is 13.7. The van der Waals surface area contributed by atoms with E-state index < -0.39 is 0 Å². The monoisotopic (exact) mass is 306 g/mol. The van der Waals surface area contributed by atoms with Crippen LogP contribution in [0.15, 0.2) is 17.0 Å². The van der Waals surface area contributed by atoms with Gasteiger partial charge in [0.15, 0.2) is 5.75 Å².